The first-order valence-electron chi connectivity index (χ1n) is 5.20. The minimum Gasteiger partial charge on any atom is -0.481 e. The fraction of sp³-hybridized carbons (Fsp3) is 0.333. The van der Waals surface area contributed by atoms with Crippen LogP contribution in [0.25, 0.3) is 0 Å². The standard InChI is InChI=1S/C12H12F2O3S/c1-7(15)18-6-9(12(16)17)4-8-2-3-10(13)11(14)5-8/h2-3,5,9H,4,6H2,1H3,(H,16,17)/t9-/m1/s1. The molecular weight excluding hydrogens is 262 g/mol. The Labute approximate surface area is 107 Å². The van der Waals surface area contributed by atoms with Crippen molar-refractivity contribution in [3.05, 3.63) is 35.4 Å². The van der Waals surface area contributed by atoms with Crippen LogP contribution >= 0.6 is 11.8 Å². The summed E-state index contributed by atoms with van der Waals surface area (Å²) in [5, 5.41) is 8.80. The lowest BCUT2D eigenvalue weighted by Crippen LogP contribution is -2.19. The normalized spacial score (nSPS) is 12.2. The molecule has 0 unspecified atom stereocenters. The van der Waals surface area contributed by atoms with Gasteiger partial charge < -0.3 is 5.11 Å². The summed E-state index contributed by atoms with van der Waals surface area (Å²) in [6, 6.07) is 3.28. The van der Waals surface area contributed by atoms with Crippen molar-refractivity contribution in [2.45, 2.75) is 13.3 Å². The smallest absolute Gasteiger partial charge is 0.307 e. The molecule has 0 saturated heterocycles. The molecule has 0 fully saturated rings. The number of thioether (sulfide) groups is 1. The second-order valence-electron chi connectivity index (χ2n) is 3.79. The summed E-state index contributed by atoms with van der Waals surface area (Å²) in [7, 11) is 0. The van der Waals surface area contributed by atoms with Gasteiger partial charge in [-0.3, -0.25) is 9.59 Å². The Morgan fingerprint density at radius 1 is 1.33 bits per heavy atom. The minimum absolute atomic E-state index is 0.0623. The zero-order valence-corrected chi connectivity index (χ0v) is 10.5. The van der Waals surface area contributed by atoms with Gasteiger partial charge in [0.15, 0.2) is 16.7 Å². The summed E-state index contributed by atoms with van der Waals surface area (Å²) in [4.78, 5) is 21.8. The van der Waals surface area contributed by atoms with E-state index < -0.39 is 23.5 Å². The van der Waals surface area contributed by atoms with Crippen molar-refractivity contribution in [3.63, 3.8) is 0 Å². The number of carbonyl (C=O) groups is 2. The maximum Gasteiger partial charge on any atom is 0.307 e. The van der Waals surface area contributed by atoms with E-state index in [-0.39, 0.29) is 17.3 Å². The molecule has 0 heterocycles. The Bertz CT molecular complexity index is 463. The summed E-state index contributed by atoms with van der Waals surface area (Å²) in [6.07, 6.45) is 0.0623. The maximum atomic E-state index is 13.0. The molecule has 0 spiro atoms. The molecule has 0 amide bonds. The van der Waals surface area contributed by atoms with Gasteiger partial charge in [0.2, 0.25) is 0 Å². The van der Waals surface area contributed by atoms with Crippen LogP contribution in [-0.4, -0.2) is 21.9 Å². The summed E-state index contributed by atoms with van der Waals surface area (Å²) >= 11 is 0.907. The Hall–Kier alpha value is -1.43. The number of halogens is 2. The zero-order chi connectivity index (χ0) is 13.7. The highest BCUT2D eigenvalue weighted by molar-refractivity contribution is 8.13. The Balaban J connectivity index is 2.73. The van der Waals surface area contributed by atoms with Gasteiger partial charge in [-0.2, -0.15) is 0 Å². The molecule has 0 bridgehead atoms. The topological polar surface area (TPSA) is 54.4 Å². The first kappa shape index (κ1) is 14.6. The molecule has 0 aliphatic carbocycles. The summed E-state index contributed by atoms with van der Waals surface area (Å²) < 4.78 is 25.7. The van der Waals surface area contributed by atoms with Gasteiger partial charge in [-0.15, -0.1) is 0 Å². The van der Waals surface area contributed by atoms with E-state index in [1.54, 1.807) is 0 Å². The number of carboxylic acid groups (broad SMARTS) is 1. The second kappa shape index (κ2) is 6.49. The highest BCUT2D eigenvalue weighted by atomic mass is 32.2. The van der Waals surface area contributed by atoms with Gasteiger partial charge in [0.25, 0.3) is 0 Å². The third-order valence-electron chi connectivity index (χ3n) is 2.30. The lowest BCUT2D eigenvalue weighted by atomic mass is 10.0. The number of aliphatic carboxylic acids is 1. The summed E-state index contributed by atoms with van der Waals surface area (Å²) in [5.74, 6) is -3.72. The molecule has 1 N–H and O–H groups in total. The number of carboxylic acids is 1. The molecule has 18 heavy (non-hydrogen) atoms. The van der Waals surface area contributed by atoms with Crippen LogP contribution in [0.3, 0.4) is 0 Å². The van der Waals surface area contributed by atoms with Crippen LogP contribution in [0.15, 0.2) is 18.2 Å². The molecule has 0 aliphatic heterocycles. The molecule has 1 rings (SSSR count). The summed E-state index contributed by atoms with van der Waals surface area (Å²) in [6.45, 7) is 1.35. The third-order valence-corrected chi connectivity index (χ3v) is 3.28. The fourth-order valence-corrected chi connectivity index (χ4v) is 2.08. The molecule has 3 nitrogen and oxygen atoms in total. The van der Waals surface area contributed by atoms with Crippen LogP contribution in [-0.2, 0) is 16.0 Å². The number of carbonyl (C=O) groups excluding carboxylic acids is 1. The van der Waals surface area contributed by atoms with Gasteiger partial charge in [0.05, 0.1) is 5.92 Å². The van der Waals surface area contributed by atoms with E-state index in [0.29, 0.717) is 5.56 Å². The predicted molar refractivity (Wildman–Crippen MR) is 64.3 cm³/mol. The van der Waals surface area contributed by atoms with Gasteiger partial charge in [-0.25, -0.2) is 8.78 Å². The van der Waals surface area contributed by atoms with E-state index in [1.807, 2.05) is 0 Å². The van der Waals surface area contributed by atoms with Crippen LogP contribution in [0.4, 0.5) is 8.78 Å². The number of benzene rings is 1. The Morgan fingerprint density at radius 2 is 2.00 bits per heavy atom. The van der Waals surface area contributed by atoms with Crippen LogP contribution < -0.4 is 0 Å². The van der Waals surface area contributed by atoms with E-state index in [2.05, 4.69) is 0 Å². The van der Waals surface area contributed by atoms with E-state index in [0.717, 1.165) is 23.9 Å². The van der Waals surface area contributed by atoms with Crippen molar-refractivity contribution in [2.24, 2.45) is 5.92 Å². The molecule has 0 aromatic heterocycles. The average molecular weight is 274 g/mol. The van der Waals surface area contributed by atoms with Crippen LogP contribution in [0, 0.1) is 17.6 Å². The monoisotopic (exact) mass is 274 g/mol. The van der Waals surface area contributed by atoms with E-state index in [1.165, 1.54) is 13.0 Å². The van der Waals surface area contributed by atoms with Crippen LogP contribution in [0.2, 0.25) is 0 Å². The van der Waals surface area contributed by atoms with Crippen LogP contribution in [0.1, 0.15) is 12.5 Å². The van der Waals surface area contributed by atoms with Gasteiger partial charge in [-0.1, -0.05) is 17.8 Å². The second-order valence-corrected chi connectivity index (χ2v) is 4.99. The highest BCUT2D eigenvalue weighted by Gasteiger charge is 2.19. The predicted octanol–water partition coefficient (Wildman–Crippen LogP) is 2.49. The first-order chi connectivity index (χ1) is 8.40. The van der Waals surface area contributed by atoms with E-state index >= 15 is 0 Å². The molecule has 1 aromatic rings. The SMILES string of the molecule is CC(=O)SC[C@@H](Cc1ccc(F)c(F)c1)C(=O)O. The summed E-state index contributed by atoms with van der Waals surface area (Å²) in [5.41, 5.74) is 0.394. The third kappa shape index (κ3) is 4.44. The van der Waals surface area contributed by atoms with Crippen molar-refractivity contribution >= 4 is 22.8 Å². The lowest BCUT2D eigenvalue weighted by molar-refractivity contribution is -0.140. The Morgan fingerprint density at radius 3 is 2.50 bits per heavy atom. The van der Waals surface area contributed by atoms with Crippen molar-refractivity contribution in [1.29, 1.82) is 0 Å². The highest BCUT2D eigenvalue weighted by Crippen LogP contribution is 2.17. The zero-order valence-electron chi connectivity index (χ0n) is 9.65. The largest absolute Gasteiger partial charge is 0.481 e. The molecule has 1 atom stereocenters. The van der Waals surface area contributed by atoms with Crippen molar-refractivity contribution in [2.75, 3.05) is 5.75 Å². The van der Waals surface area contributed by atoms with Gasteiger partial charge in [0.1, 0.15) is 0 Å². The molecule has 0 saturated carbocycles. The first-order valence-corrected chi connectivity index (χ1v) is 6.18. The molecule has 1 aromatic carbocycles. The maximum absolute atomic E-state index is 13.0. The lowest BCUT2D eigenvalue weighted by Gasteiger charge is -2.11. The number of hydrogen-bond donors (Lipinski definition) is 1. The van der Waals surface area contributed by atoms with Crippen LogP contribution in [0.5, 0.6) is 0 Å². The molecular formula is C12H12F2O3S. The van der Waals surface area contributed by atoms with Crippen molar-refractivity contribution in [1.82, 2.24) is 0 Å². The number of hydrogen-bond acceptors (Lipinski definition) is 3. The average Bonchev–Trinajstić information content (AvgIpc) is 2.28. The van der Waals surface area contributed by atoms with E-state index in [9.17, 15) is 18.4 Å². The van der Waals surface area contributed by atoms with Gasteiger partial charge in [0, 0.05) is 12.7 Å². The van der Waals surface area contributed by atoms with Crippen molar-refractivity contribution in [3.8, 4) is 0 Å². The number of rotatable bonds is 5. The molecule has 0 radical (unpaired) electrons. The Kier molecular flexibility index (Phi) is 5.27. The van der Waals surface area contributed by atoms with Crippen molar-refractivity contribution < 1.29 is 23.5 Å². The van der Waals surface area contributed by atoms with E-state index in [4.69, 9.17) is 5.11 Å². The minimum atomic E-state index is -1.06. The van der Waals surface area contributed by atoms with Gasteiger partial charge in [-0.05, 0) is 24.1 Å². The fourth-order valence-electron chi connectivity index (χ4n) is 1.39. The molecule has 6 heteroatoms. The molecule has 98 valence electrons. The van der Waals surface area contributed by atoms with Gasteiger partial charge >= 0.3 is 5.97 Å². The molecule has 0 aliphatic rings. The quantitative estimate of drug-likeness (QED) is 0.896.